The zero-order valence-electron chi connectivity index (χ0n) is 8.72. The molecule has 2 rings (SSSR count). The van der Waals surface area contributed by atoms with Gasteiger partial charge in [0, 0.05) is 12.7 Å². The quantitative estimate of drug-likeness (QED) is 0.610. The molecule has 1 N–H and O–H groups in total. The van der Waals surface area contributed by atoms with Gasteiger partial charge in [0.2, 0.25) is 5.95 Å². The lowest BCUT2D eigenvalue weighted by Gasteiger charge is -1.95. The first kappa shape index (κ1) is 9.71. The van der Waals surface area contributed by atoms with E-state index >= 15 is 0 Å². The number of fused-ring (bicyclic) bond motifs is 1. The fourth-order valence-electron chi connectivity index (χ4n) is 1.34. The highest BCUT2D eigenvalue weighted by Crippen LogP contribution is 2.03. The number of hydrogen-bond donors (Lipinski definition) is 1. The van der Waals surface area contributed by atoms with E-state index in [-0.39, 0.29) is 0 Å². The molecule has 0 amide bonds. The highest BCUT2D eigenvalue weighted by molar-refractivity contribution is 5.42. The zero-order valence-corrected chi connectivity index (χ0v) is 8.72. The van der Waals surface area contributed by atoms with Crippen LogP contribution in [0.15, 0.2) is 36.5 Å². The standard InChI is InChI=1S/C11H14N4/c1-2-3-5-8-12-11-13-10-7-4-6-9-15(10)14-11/h2-4,6-7,9H,5,8H2,1H3,(H,12,14)/b3-2+. The number of allylic oxidation sites excluding steroid dienone is 1. The first-order valence-electron chi connectivity index (χ1n) is 5.06. The number of nitrogens with zero attached hydrogens (tertiary/aromatic N) is 3. The van der Waals surface area contributed by atoms with Crippen molar-refractivity contribution in [1.82, 2.24) is 14.6 Å². The first-order valence-corrected chi connectivity index (χ1v) is 5.06. The van der Waals surface area contributed by atoms with Crippen molar-refractivity contribution in [2.45, 2.75) is 13.3 Å². The molecule has 2 aromatic heterocycles. The second-order valence-corrected chi connectivity index (χ2v) is 3.22. The van der Waals surface area contributed by atoms with Crippen molar-refractivity contribution in [3.05, 3.63) is 36.5 Å². The lowest BCUT2D eigenvalue weighted by atomic mass is 10.4. The minimum atomic E-state index is 0.686. The van der Waals surface area contributed by atoms with Gasteiger partial charge in [-0.2, -0.15) is 4.98 Å². The molecule has 4 nitrogen and oxygen atoms in total. The first-order chi connectivity index (χ1) is 7.40. The molecule has 0 spiro atoms. The van der Waals surface area contributed by atoms with Crippen LogP contribution in [0.4, 0.5) is 5.95 Å². The molecular weight excluding hydrogens is 188 g/mol. The van der Waals surface area contributed by atoms with Crippen LogP contribution in [0.2, 0.25) is 0 Å². The van der Waals surface area contributed by atoms with E-state index in [0.29, 0.717) is 5.95 Å². The predicted octanol–water partition coefficient (Wildman–Crippen LogP) is 2.11. The average molecular weight is 202 g/mol. The third kappa shape index (κ3) is 2.34. The lowest BCUT2D eigenvalue weighted by Crippen LogP contribution is -2.01. The summed E-state index contributed by atoms with van der Waals surface area (Å²) in [5.74, 6) is 0.686. The van der Waals surface area contributed by atoms with Crippen LogP contribution in [-0.4, -0.2) is 21.1 Å². The molecule has 0 aliphatic rings. The maximum atomic E-state index is 4.33. The minimum Gasteiger partial charge on any atom is -0.353 e. The summed E-state index contributed by atoms with van der Waals surface area (Å²) in [6.45, 7) is 2.88. The van der Waals surface area contributed by atoms with Crippen LogP contribution in [0, 0.1) is 0 Å². The largest absolute Gasteiger partial charge is 0.353 e. The molecule has 0 fully saturated rings. The van der Waals surface area contributed by atoms with Crippen molar-refractivity contribution < 1.29 is 0 Å². The summed E-state index contributed by atoms with van der Waals surface area (Å²) in [7, 11) is 0. The molecule has 0 saturated heterocycles. The van der Waals surface area contributed by atoms with E-state index in [1.807, 2.05) is 37.4 Å². The SMILES string of the molecule is C/C=C/CCNc1nc2ccccn2n1. The van der Waals surface area contributed by atoms with Crippen molar-refractivity contribution >= 4 is 11.6 Å². The summed E-state index contributed by atoms with van der Waals surface area (Å²) in [5.41, 5.74) is 0.867. The van der Waals surface area contributed by atoms with Gasteiger partial charge in [-0.1, -0.05) is 18.2 Å². The summed E-state index contributed by atoms with van der Waals surface area (Å²) >= 11 is 0. The Labute approximate surface area is 88.6 Å². The number of pyridine rings is 1. The number of hydrogen-bond acceptors (Lipinski definition) is 3. The Hall–Kier alpha value is -1.84. The molecule has 0 aliphatic carbocycles. The van der Waals surface area contributed by atoms with Crippen LogP contribution in [0.3, 0.4) is 0 Å². The van der Waals surface area contributed by atoms with Crippen molar-refractivity contribution in [2.75, 3.05) is 11.9 Å². The second kappa shape index (κ2) is 4.59. The summed E-state index contributed by atoms with van der Waals surface area (Å²) in [6.07, 6.45) is 7.03. The minimum absolute atomic E-state index is 0.686. The van der Waals surface area contributed by atoms with Crippen LogP contribution in [0.5, 0.6) is 0 Å². The Bertz CT molecular complexity index is 425. The summed E-state index contributed by atoms with van der Waals surface area (Å²) in [6, 6.07) is 5.82. The lowest BCUT2D eigenvalue weighted by molar-refractivity contribution is 0.944. The van der Waals surface area contributed by atoms with Crippen LogP contribution in [0.25, 0.3) is 5.65 Å². The molecule has 0 aliphatic heterocycles. The Morgan fingerprint density at radius 1 is 1.47 bits per heavy atom. The van der Waals surface area contributed by atoms with Crippen molar-refractivity contribution in [3.63, 3.8) is 0 Å². The van der Waals surface area contributed by atoms with Gasteiger partial charge in [-0.25, -0.2) is 4.52 Å². The topological polar surface area (TPSA) is 42.2 Å². The van der Waals surface area contributed by atoms with Crippen molar-refractivity contribution in [2.24, 2.45) is 0 Å². The van der Waals surface area contributed by atoms with Crippen molar-refractivity contribution in [1.29, 1.82) is 0 Å². The van der Waals surface area contributed by atoms with Gasteiger partial charge in [0.25, 0.3) is 0 Å². The fraction of sp³-hybridized carbons (Fsp3) is 0.273. The average Bonchev–Trinajstić information content (AvgIpc) is 2.67. The van der Waals surface area contributed by atoms with Crippen molar-refractivity contribution in [3.8, 4) is 0 Å². The molecule has 0 radical (unpaired) electrons. The van der Waals surface area contributed by atoms with E-state index in [0.717, 1.165) is 18.6 Å². The molecule has 15 heavy (non-hydrogen) atoms. The van der Waals surface area contributed by atoms with E-state index in [4.69, 9.17) is 0 Å². The number of anilines is 1. The molecule has 4 heteroatoms. The molecule has 2 aromatic rings. The highest BCUT2D eigenvalue weighted by atomic mass is 15.3. The Balaban J connectivity index is 2.02. The number of rotatable bonds is 4. The summed E-state index contributed by atoms with van der Waals surface area (Å²) < 4.78 is 1.76. The van der Waals surface area contributed by atoms with Gasteiger partial charge in [0.1, 0.15) is 0 Å². The maximum absolute atomic E-state index is 4.33. The molecule has 0 atom stereocenters. The van der Waals surface area contributed by atoms with Gasteiger partial charge >= 0.3 is 0 Å². The van der Waals surface area contributed by atoms with Gasteiger partial charge in [0.05, 0.1) is 0 Å². The summed E-state index contributed by atoms with van der Waals surface area (Å²) in [5, 5.41) is 7.46. The second-order valence-electron chi connectivity index (χ2n) is 3.22. The number of aromatic nitrogens is 3. The van der Waals surface area contributed by atoms with Crippen LogP contribution in [0.1, 0.15) is 13.3 Å². The molecule has 0 bridgehead atoms. The molecule has 78 valence electrons. The van der Waals surface area contributed by atoms with Gasteiger partial charge < -0.3 is 5.32 Å². The normalized spacial score (nSPS) is 11.3. The van der Waals surface area contributed by atoms with Gasteiger partial charge in [-0.3, -0.25) is 0 Å². The molecule has 0 unspecified atom stereocenters. The van der Waals surface area contributed by atoms with Crippen LogP contribution in [-0.2, 0) is 0 Å². The Kier molecular flexibility index (Phi) is 2.97. The molecule has 0 aromatic carbocycles. The Morgan fingerprint density at radius 3 is 3.20 bits per heavy atom. The smallest absolute Gasteiger partial charge is 0.243 e. The van der Waals surface area contributed by atoms with Gasteiger partial charge in [-0.15, -0.1) is 5.10 Å². The van der Waals surface area contributed by atoms with E-state index in [1.165, 1.54) is 0 Å². The zero-order chi connectivity index (χ0) is 10.5. The monoisotopic (exact) mass is 202 g/mol. The Morgan fingerprint density at radius 2 is 2.40 bits per heavy atom. The maximum Gasteiger partial charge on any atom is 0.243 e. The van der Waals surface area contributed by atoms with E-state index in [2.05, 4.69) is 21.5 Å². The predicted molar refractivity (Wildman–Crippen MR) is 60.9 cm³/mol. The fourth-order valence-corrected chi connectivity index (χ4v) is 1.34. The van der Waals surface area contributed by atoms with E-state index in [9.17, 15) is 0 Å². The molecular formula is C11H14N4. The van der Waals surface area contributed by atoms with Crippen LogP contribution >= 0.6 is 0 Å². The molecule has 0 saturated carbocycles. The number of nitrogens with one attached hydrogen (secondary N) is 1. The van der Waals surface area contributed by atoms with E-state index in [1.54, 1.807) is 4.52 Å². The van der Waals surface area contributed by atoms with Gasteiger partial charge in [0.15, 0.2) is 5.65 Å². The summed E-state index contributed by atoms with van der Waals surface area (Å²) in [4.78, 5) is 4.33. The van der Waals surface area contributed by atoms with E-state index < -0.39 is 0 Å². The highest BCUT2D eigenvalue weighted by Gasteiger charge is 1.99. The van der Waals surface area contributed by atoms with Crippen LogP contribution < -0.4 is 5.32 Å². The molecule has 2 heterocycles. The third-order valence-electron chi connectivity index (χ3n) is 2.07. The van der Waals surface area contributed by atoms with Gasteiger partial charge in [-0.05, 0) is 25.5 Å². The third-order valence-corrected chi connectivity index (χ3v) is 2.07.